The first kappa shape index (κ1) is 12.7. The van der Waals surface area contributed by atoms with Gasteiger partial charge in [0, 0.05) is 30.3 Å². The van der Waals surface area contributed by atoms with Gasteiger partial charge < -0.3 is 10.2 Å². The van der Waals surface area contributed by atoms with Crippen molar-refractivity contribution in [2.24, 2.45) is 5.41 Å². The summed E-state index contributed by atoms with van der Waals surface area (Å²) in [7, 11) is 0. The van der Waals surface area contributed by atoms with E-state index in [0.717, 1.165) is 31.2 Å². The Bertz CT molecular complexity index is 376. The molecular weight excluding hydrogens is 232 g/mol. The molecule has 0 aliphatic carbocycles. The molecule has 1 aromatic carbocycles. The third-order valence-corrected chi connectivity index (χ3v) is 3.41. The lowest BCUT2D eigenvalue weighted by atomic mass is 9.91. The Morgan fingerprint density at radius 2 is 2.18 bits per heavy atom. The van der Waals surface area contributed by atoms with Gasteiger partial charge in [-0.15, -0.1) is 0 Å². The summed E-state index contributed by atoms with van der Waals surface area (Å²) in [6.45, 7) is 8.95. The van der Waals surface area contributed by atoms with Crippen molar-refractivity contribution in [1.82, 2.24) is 5.32 Å². The highest BCUT2D eigenvalue weighted by Crippen LogP contribution is 2.25. The van der Waals surface area contributed by atoms with Crippen LogP contribution in [-0.2, 0) is 0 Å². The standard InChI is InChI=1S/C14H21ClN2/c1-14(2)10-16-7-4-8-17(11-14)13-6-3-5-12(15)9-13/h3,5-6,9,16H,4,7-8,10-11H2,1-2H3. The smallest absolute Gasteiger partial charge is 0.0426 e. The molecule has 0 spiro atoms. The number of anilines is 1. The van der Waals surface area contributed by atoms with E-state index in [1.54, 1.807) is 0 Å². The molecule has 2 nitrogen and oxygen atoms in total. The Kier molecular flexibility index (Phi) is 3.95. The van der Waals surface area contributed by atoms with Crippen molar-refractivity contribution in [3.63, 3.8) is 0 Å². The van der Waals surface area contributed by atoms with Crippen molar-refractivity contribution in [2.75, 3.05) is 31.1 Å². The zero-order valence-corrected chi connectivity index (χ0v) is 11.4. The maximum atomic E-state index is 6.07. The van der Waals surface area contributed by atoms with Crippen LogP contribution in [-0.4, -0.2) is 26.2 Å². The SMILES string of the molecule is CC1(C)CNCCCN(c2cccc(Cl)c2)C1. The minimum absolute atomic E-state index is 0.294. The summed E-state index contributed by atoms with van der Waals surface area (Å²) in [5.41, 5.74) is 1.54. The predicted molar refractivity (Wildman–Crippen MR) is 74.9 cm³/mol. The molecule has 1 N–H and O–H groups in total. The molecule has 1 heterocycles. The summed E-state index contributed by atoms with van der Waals surface area (Å²) < 4.78 is 0. The summed E-state index contributed by atoms with van der Waals surface area (Å²) >= 11 is 6.07. The van der Waals surface area contributed by atoms with Crippen LogP contribution < -0.4 is 10.2 Å². The molecule has 1 aliphatic heterocycles. The molecule has 2 rings (SSSR count). The van der Waals surface area contributed by atoms with Gasteiger partial charge in [-0.25, -0.2) is 0 Å². The minimum atomic E-state index is 0.294. The van der Waals surface area contributed by atoms with Crippen LogP contribution in [0.5, 0.6) is 0 Å². The van der Waals surface area contributed by atoms with E-state index in [-0.39, 0.29) is 0 Å². The van der Waals surface area contributed by atoms with Crippen LogP contribution in [0.2, 0.25) is 5.02 Å². The maximum Gasteiger partial charge on any atom is 0.0426 e. The first-order chi connectivity index (χ1) is 8.07. The van der Waals surface area contributed by atoms with Crippen molar-refractivity contribution in [3.8, 4) is 0 Å². The third-order valence-electron chi connectivity index (χ3n) is 3.18. The summed E-state index contributed by atoms with van der Waals surface area (Å²) in [6.07, 6.45) is 1.18. The molecule has 1 aromatic rings. The van der Waals surface area contributed by atoms with Gasteiger partial charge in [-0.1, -0.05) is 31.5 Å². The number of nitrogens with zero attached hydrogens (tertiary/aromatic N) is 1. The summed E-state index contributed by atoms with van der Waals surface area (Å²) in [5, 5.41) is 4.33. The van der Waals surface area contributed by atoms with Crippen LogP contribution in [0.3, 0.4) is 0 Å². The monoisotopic (exact) mass is 252 g/mol. The predicted octanol–water partition coefficient (Wildman–Crippen LogP) is 3.17. The maximum absolute atomic E-state index is 6.07. The van der Waals surface area contributed by atoms with E-state index in [1.165, 1.54) is 12.1 Å². The zero-order chi connectivity index (χ0) is 12.3. The zero-order valence-electron chi connectivity index (χ0n) is 10.7. The van der Waals surface area contributed by atoms with E-state index in [4.69, 9.17) is 11.6 Å². The van der Waals surface area contributed by atoms with Crippen LogP contribution in [0.15, 0.2) is 24.3 Å². The molecule has 0 bridgehead atoms. The second-order valence-electron chi connectivity index (χ2n) is 5.60. The average molecular weight is 253 g/mol. The molecule has 1 saturated heterocycles. The van der Waals surface area contributed by atoms with Crippen molar-refractivity contribution < 1.29 is 0 Å². The van der Waals surface area contributed by atoms with Gasteiger partial charge in [0.15, 0.2) is 0 Å². The largest absolute Gasteiger partial charge is 0.371 e. The van der Waals surface area contributed by atoms with Crippen LogP contribution in [0.1, 0.15) is 20.3 Å². The van der Waals surface area contributed by atoms with Crippen LogP contribution in [0.25, 0.3) is 0 Å². The first-order valence-electron chi connectivity index (χ1n) is 6.28. The van der Waals surface area contributed by atoms with E-state index in [0.29, 0.717) is 5.41 Å². The molecule has 94 valence electrons. The second-order valence-corrected chi connectivity index (χ2v) is 6.03. The van der Waals surface area contributed by atoms with Crippen LogP contribution >= 0.6 is 11.6 Å². The normalized spacial score (nSPS) is 20.8. The van der Waals surface area contributed by atoms with Crippen molar-refractivity contribution in [3.05, 3.63) is 29.3 Å². The number of nitrogens with one attached hydrogen (secondary N) is 1. The lowest BCUT2D eigenvalue weighted by Crippen LogP contribution is -2.44. The van der Waals surface area contributed by atoms with Crippen molar-refractivity contribution >= 4 is 17.3 Å². The van der Waals surface area contributed by atoms with E-state index < -0.39 is 0 Å². The Morgan fingerprint density at radius 3 is 2.94 bits per heavy atom. The van der Waals surface area contributed by atoms with Gasteiger partial charge in [-0.3, -0.25) is 0 Å². The van der Waals surface area contributed by atoms with E-state index in [1.807, 2.05) is 12.1 Å². The molecule has 3 heteroatoms. The molecule has 0 radical (unpaired) electrons. The Morgan fingerprint density at radius 1 is 1.35 bits per heavy atom. The van der Waals surface area contributed by atoms with Gasteiger partial charge in [-0.2, -0.15) is 0 Å². The lowest BCUT2D eigenvalue weighted by Gasteiger charge is -2.36. The number of hydrogen-bond acceptors (Lipinski definition) is 2. The summed E-state index contributed by atoms with van der Waals surface area (Å²) in [5.74, 6) is 0. The highest BCUT2D eigenvalue weighted by Gasteiger charge is 2.23. The fraction of sp³-hybridized carbons (Fsp3) is 0.571. The molecule has 0 aromatic heterocycles. The lowest BCUT2D eigenvalue weighted by molar-refractivity contribution is 0.325. The minimum Gasteiger partial charge on any atom is -0.371 e. The summed E-state index contributed by atoms with van der Waals surface area (Å²) in [6, 6.07) is 8.17. The highest BCUT2D eigenvalue weighted by molar-refractivity contribution is 6.30. The van der Waals surface area contributed by atoms with E-state index in [9.17, 15) is 0 Å². The fourth-order valence-corrected chi connectivity index (χ4v) is 2.55. The van der Waals surface area contributed by atoms with Gasteiger partial charge in [0.1, 0.15) is 0 Å². The molecule has 17 heavy (non-hydrogen) atoms. The van der Waals surface area contributed by atoms with Gasteiger partial charge >= 0.3 is 0 Å². The number of rotatable bonds is 1. The van der Waals surface area contributed by atoms with Gasteiger partial charge in [0.05, 0.1) is 0 Å². The molecular formula is C14H21ClN2. The third kappa shape index (κ3) is 3.62. The van der Waals surface area contributed by atoms with Gasteiger partial charge in [-0.05, 0) is 36.6 Å². The molecule has 0 saturated carbocycles. The Labute approximate surface area is 109 Å². The quantitative estimate of drug-likeness (QED) is 0.826. The highest BCUT2D eigenvalue weighted by atomic mass is 35.5. The van der Waals surface area contributed by atoms with E-state index in [2.05, 4.69) is 36.2 Å². The number of halogens is 1. The van der Waals surface area contributed by atoms with Gasteiger partial charge in [0.25, 0.3) is 0 Å². The van der Waals surface area contributed by atoms with Crippen LogP contribution in [0, 0.1) is 5.41 Å². The Balaban J connectivity index is 2.17. The topological polar surface area (TPSA) is 15.3 Å². The van der Waals surface area contributed by atoms with Crippen molar-refractivity contribution in [1.29, 1.82) is 0 Å². The molecule has 0 atom stereocenters. The number of benzene rings is 1. The first-order valence-corrected chi connectivity index (χ1v) is 6.66. The number of hydrogen-bond donors (Lipinski definition) is 1. The van der Waals surface area contributed by atoms with Crippen LogP contribution in [0.4, 0.5) is 5.69 Å². The molecule has 0 amide bonds. The second kappa shape index (κ2) is 5.28. The fourth-order valence-electron chi connectivity index (χ4n) is 2.37. The van der Waals surface area contributed by atoms with Crippen molar-refractivity contribution in [2.45, 2.75) is 20.3 Å². The summed E-state index contributed by atoms with van der Waals surface area (Å²) in [4.78, 5) is 2.45. The van der Waals surface area contributed by atoms with E-state index >= 15 is 0 Å². The molecule has 0 unspecified atom stereocenters. The Hall–Kier alpha value is -0.730. The molecule has 1 fully saturated rings. The van der Waals surface area contributed by atoms with Gasteiger partial charge in [0.2, 0.25) is 0 Å². The molecule has 1 aliphatic rings. The average Bonchev–Trinajstić information content (AvgIpc) is 2.24.